The average Bonchev–Trinajstić information content (AvgIpc) is 2.79. The van der Waals surface area contributed by atoms with Gasteiger partial charge in [-0.05, 0) is 13.8 Å². The summed E-state index contributed by atoms with van der Waals surface area (Å²) >= 11 is 0.683. The molecule has 0 aliphatic carbocycles. The van der Waals surface area contributed by atoms with Gasteiger partial charge in [-0.3, -0.25) is 9.69 Å². The predicted molar refractivity (Wildman–Crippen MR) is 73.9 cm³/mol. The van der Waals surface area contributed by atoms with Crippen LogP contribution in [0.15, 0.2) is 6.20 Å². The fourth-order valence-corrected chi connectivity index (χ4v) is 3.23. The van der Waals surface area contributed by atoms with Crippen LogP contribution in [-0.2, 0) is 17.5 Å². The molecule has 1 saturated heterocycles. The van der Waals surface area contributed by atoms with Crippen molar-refractivity contribution in [3.05, 3.63) is 16.1 Å². The zero-order chi connectivity index (χ0) is 15.8. The number of rotatable bonds is 2. The first-order valence-electron chi connectivity index (χ1n) is 6.62. The maximum Gasteiger partial charge on any atom is 0.427 e. The summed E-state index contributed by atoms with van der Waals surface area (Å²) in [4.78, 5) is 18.5. The summed E-state index contributed by atoms with van der Waals surface area (Å²) in [5.74, 6) is 0.0244. The number of nitrogens with zero attached hydrogens (tertiary/aromatic N) is 3. The topological polar surface area (TPSA) is 36.4 Å². The number of piperazine rings is 1. The van der Waals surface area contributed by atoms with Gasteiger partial charge in [-0.2, -0.15) is 13.2 Å². The Balaban J connectivity index is 2.06. The van der Waals surface area contributed by atoms with Crippen molar-refractivity contribution in [2.24, 2.45) is 0 Å². The van der Waals surface area contributed by atoms with Gasteiger partial charge in [-0.1, -0.05) is 0 Å². The molecule has 1 aromatic rings. The molecule has 21 heavy (non-hydrogen) atoms. The van der Waals surface area contributed by atoms with E-state index < -0.39 is 11.1 Å². The van der Waals surface area contributed by atoms with Crippen LogP contribution < -0.4 is 0 Å². The summed E-state index contributed by atoms with van der Waals surface area (Å²) < 4.78 is 37.8. The van der Waals surface area contributed by atoms with E-state index in [9.17, 15) is 18.0 Å². The lowest BCUT2D eigenvalue weighted by Gasteiger charge is -2.46. The second kappa shape index (κ2) is 5.57. The number of hydrogen-bond acceptors (Lipinski definition) is 4. The average molecular weight is 321 g/mol. The third-order valence-electron chi connectivity index (χ3n) is 3.68. The molecule has 1 aromatic heterocycles. The minimum atomic E-state index is -4.33. The molecule has 1 amide bonds. The Labute approximate surface area is 125 Å². The Kier molecular flexibility index (Phi) is 4.30. The van der Waals surface area contributed by atoms with Crippen LogP contribution in [0, 0.1) is 0 Å². The van der Waals surface area contributed by atoms with Gasteiger partial charge in [0.1, 0.15) is 9.88 Å². The molecule has 0 aromatic carbocycles. The maximum atomic E-state index is 12.6. The molecule has 0 N–H and O–H groups in total. The lowest BCUT2D eigenvalue weighted by Crippen LogP contribution is -2.59. The third-order valence-corrected chi connectivity index (χ3v) is 4.71. The molecule has 0 unspecified atom stereocenters. The van der Waals surface area contributed by atoms with E-state index in [0.29, 0.717) is 42.5 Å². The lowest BCUT2D eigenvalue weighted by molar-refractivity contribution is -0.135. The van der Waals surface area contributed by atoms with Gasteiger partial charge in [0.05, 0.1) is 12.7 Å². The van der Waals surface area contributed by atoms with E-state index in [1.165, 1.54) is 6.92 Å². The first-order chi connectivity index (χ1) is 9.59. The van der Waals surface area contributed by atoms with Crippen molar-refractivity contribution >= 4 is 17.2 Å². The van der Waals surface area contributed by atoms with Gasteiger partial charge in [0.25, 0.3) is 0 Å². The highest BCUT2D eigenvalue weighted by Gasteiger charge is 2.36. The Morgan fingerprint density at radius 2 is 2.10 bits per heavy atom. The second-order valence-corrected chi connectivity index (χ2v) is 6.91. The number of aromatic nitrogens is 1. The fraction of sp³-hybridized carbons (Fsp3) is 0.692. The minimum absolute atomic E-state index is 0.0244. The monoisotopic (exact) mass is 321 g/mol. The molecule has 1 aliphatic rings. The molecule has 2 heterocycles. The number of alkyl halides is 3. The molecule has 0 saturated carbocycles. The Morgan fingerprint density at radius 3 is 2.57 bits per heavy atom. The first kappa shape index (κ1) is 16.2. The van der Waals surface area contributed by atoms with E-state index >= 15 is 0 Å². The summed E-state index contributed by atoms with van der Waals surface area (Å²) in [5, 5.41) is 0.451. The van der Waals surface area contributed by atoms with Crippen molar-refractivity contribution in [1.29, 1.82) is 0 Å². The van der Waals surface area contributed by atoms with Crippen LogP contribution in [0.3, 0.4) is 0 Å². The van der Waals surface area contributed by atoms with E-state index in [4.69, 9.17) is 0 Å². The van der Waals surface area contributed by atoms with Crippen molar-refractivity contribution in [2.75, 3.05) is 19.6 Å². The molecule has 0 spiro atoms. The predicted octanol–water partition coefficient (Wildman–Crippen LogP) is 2.60. The fourth-order valence-electron chi connectivity index (χ4n) is 2.43. The molecule has 0 atom stereocenters. The van der Waals surface area contributed by atoms with Crippen LogP contribution in [0.2, 0.25) is 0 Å². The molecule has 118 valence electrons. The van der Waals surface area contributed by atoms with Crippen LogP contribution >= 0.6 is 11.3 Å². The quantitative estimate of drug-likeness (QED) is 0.840. The number of amides is 1. The van der Waals surface area contributed by atoms with Gasteiger partial charge in [0.2, 0.25) is 5.91 Å². The van der Waals surface area contributed by atoms with Crippen LogP contribution in [0.4, 0.5) is 13.2 Å². The maximum absolute atomic E-state index is 12.6. The van der Waals surface area contributed by atoms with E-state index in [2.05, 4.69) is 9.88 Å². The zero-order valence-electron chi connectivity index (χ0n) is 12.2. The van der Waals surface area contributed by atoms with Gasteiger partial charge in [-0.15, -0.1) is 11.3 Å². The summed E-state index contributed by atoms with van der Waals surface area (Å²) in [6.45, 7) is 7.67. The van der Waals surface area contributed by atoms with E-state index in [1.807, 2.05) is 13.8 Å². The van der Waals surface area contributed by atoms with Crippen LogP contribution in [0.1, 0.15) is 30.7 Å². The largest absolute Gasteiger partial charge is 0.427 e. The van der Waals surface area contributed by atoms with Crippen molar-refractivity contribution < 1.29 is 18.0 Å². The van der Waals surface area contributed by atoms with E-state index in [-0.39, 0.29) is 11.4 Å². The summed E-state index contributed by atoms with van der Waals surface area (Å²) in [6, 6.07) is 0. The van der Waals surface area contributed by atoms with Gasteiger partial charge in [0, 0.05) is 32.1 Å². The van der Waals surface area contributed by atoms with E-state index in [1.54, 1.807) is 4.90 Å². The van der Waals surface area contributed by atoms with Gasteiger partial charge >= 0.3 is 6.18 Å². The summed E-state index contributed by atoms with van der Waals surface area (Å²) in [7, 11) is 0. The number of thiazole rings is 1. The van der Waals surface area contributed by atoms with Gasteiger partial charge in [-0.25, -0.2) is 4.98 Å². The van der Waals surface area contributed by atoms with Crippen molar-refractivity contribution in [2.45, 2.75) is 39.0 Å². The van der Waals surface area contributed by atoms with Gasteiger partial charge in [0.15, 0.2) is 0 Å². The Bertz CT molecular complexity index is 527. The second-order valence-electron chi connectivity index (χ2n) is 5.79. The SMILES string of the molecule is CC(=O)N1CCN(Cc2ncc(C(F)(F)F)s2)C(C)(C)C1. The molecular weight excluding hydrogens is 303 g/mol. The first-order valence-corrected chi connectivity index (χ1v) is 7.44. The Morgan fingerprint density at radius 1 is 1.43 bits per heavy atom. The minimum Gasteiger partial charge on any atom is -0.340 e. The van der Waals surface area contributed by atoms with Crippen LogP contribution in [0.25, 0.3) is 0 Å². The standard InChI is InChI=1S/C13H18F3N3OS/c1-9(20)18-4-5-19(12(2,3)8-18)7-11-17-6-10(21-11)13(14,15)16/h6H,4-5,7-8H2,1-3H3. The number of carbonyl (C=O) groups excluding carboxylic acids is 1. The van der Waals surface area contributed by atoms with Crippen LogP contribution in [-0.4, -0.2) is 45.9 Å². The molecule has 1 aliphatic heterocycles. The molecular formula is C13H18F3N3OS. The normalized spacial score (nSPS) is 19.8. The van der Waals surface area contributed by atoms with Crippen molar-refractivity contribution in [3.8, 4) is 0 Å². The van der Waals surface area contributed by atoms with Crippen LogP contribution in [0.5, 0.6) is 0 Å². The zero-order valence-corrected chi connectivity index (χ0v) is 13.0. The molecule has 2 rings (SSSR count). The number of hydrogen-bond donors (Lipinski definition) is 0. The van der Waals surface area contributed by atoms with Crippen molar-refractivity contribution in [1.82, 2.24) is 14.8 Å². The highest BCUT2D eigenvalue weighted by Crippen LogP contribution is 2.34. The third kappa shape index (κ3) is 3.74. The summed E-state index contributed by atoms with van der Waals surface area (Å²) in [6.07, 6.45) is -3.45. The highest BCUT2D eigenvalue weighted by molar-refractivity contribution is 7.11. The molecule has 4 nitrogen and oxygen atoms in total. The number of halogens is 3. The highest BCUT2D eigenvalue weighted by atomic mass is 32.1. The van der Waals surface area contributed by atoms with Gasteiger partial charge < -0.3 is 4.90 Å². The number of carbonyl (C=O) groups is 1. The smallest absolute Gasteiger partial charge is 0.340 e. The molecule has 0 bridgehead atoms. The Hall–Kier alpha value is -1.15. The molecule has 1 fully saturated rings. The lowest BCUT2D eigenvalue weighted by atomic mass is 9.99. The summed E-state index contributed by atoms with van der Waals surface area (Å²) in [5.41, 5.74) is -0.284. The molecule has 8 heteroatoms. The van der Waals surface area contributed by atoms with Crippen molar-refractivity contribution in [3.63, 3.8) is 0 Å². The van der Waals surface area contributed by atoms with E-state index in [0.717, 1.165) is 6.20 Å². The molecule has 0 radical (unpaired) electrons.